The van der Waals surface area contributed by atoms with Gasteiger partial charge in [0.15, 0.2) is 5.79 Å². The van der Waals surface area contributed by atoms with Crippen LogP contribution in [0.1, 0.15) is 41.0 Å². The molecule has 0 aromatic heterocycles. The van der Waals surface area contributed by atoms with E-state index >= 15 is 0 Å². The van der Waals surface area contributed by atoms with E-state index in [4.69, 9.17) is 9.47 Å². The topological polar surface area (TPSA) is 84.9 Å². The third-order valence-corrected chi connectivity index (χ3v) is 3.59. The Labute approximate surface area is 127 Å². The Morgan fingerprint density at radius 2 is 1.91 bits per heavy atom. The predicted molar refractivity (Wildman–Crippen MR) is 74.6 cm³/mol. The molecule has 0 aliphatic carbocycles. The molecule has 2 aliphatic heterocycles. The normalized spacial score (nSPS) is 27.2. The molecule has 1 aromatic carbocycles. The highest BCUT2D eigenvalue weighted by molar-refractivity contribution is 6.21. The molecule has 0 spiro atoms. The van der Waals surface area contributed by atoms with Crippen LogP contribution in [0.5, 0.6) is 0 Å². The summed E-state index contributed by atoms with van der Waals surface area (Å²) in [5.41, 5.74) is 2.88. The van der Waals surface area contributed by atoms with Gasteiger partial charge < -0.3 is 9.47 Å². The van der Waals surface area contributed by atoms with Gasteiger partial charge in [-0.3, -0.25) is 19.8 Å². The number of hydrogen-bond acceptors (Lipinski definition) is 5. The number of imide groups is 1. The van der Waals surface area contributed by atoms with E-state index in [0.717, 1.165) is 5.01 Å². The van der Waals surface area contributed by atoms with E-state index in [1.807, 2.05) is 6.92 Å². The molecule has 0 unspecified atom stereocenters. The maximum absolute atomic E-state index is 12.1. The van der Waals surface area contributed by atoms with Crippen LogP contribution in [0.25, 0.3) is 0 Å². The van der Waals surface area contributed by atoms with Crippen LogP contribution in [0.15, 0.2) is 24.3 Å². The van der Waals surface area contributed by atoms with Crippen molar-refractivity contribution in [3.05, 3.63) is 35.4 Å². The number of rotatable bonds is 3. The van der Waals surface area contributed by atoms with Crippen LogP contribution in [0, 0.1) is 0 Å². The molecular weight excluding hydrogens is 288 g/mol. The van der Waals surface area contributed by atoms with Crippen molar-refractivity contribution in [1.29, 1.82) is 0 Å². The third-order valence-electron chi connectivity index (χ3n) is 3.59. The fourth-order valence-electron chi connectivity index (χ4n) is 2.63. The van der Waals surface area contributed by atoms with Crippen LogP contribution in [0.2, 0.25) is 0 Å². The van der Waals surface area contributed by atoms with Crippen LogP contribution in [-0.2, 0) is 14.3 Å². The lowest BCUT2D eigenvalue weighted by Crippen LogP contribution is -2.48. The Bertz CT molecular complexity index is 624. The smallest absolute Gasteiger partial charge is 0.280 e. The predicted octanol–water partition coefficient (Wildman–Crippen LogP) is 0.855. The molecule has 2 heterocycles. The van der Waals surface area contributed by atoms with Gasteiger partial charge in [0.25, 0.3) is 11.8 Å². The summed E-state index contributed by atoms with van der Waals surface area (Å²) < 4.78 is 11.0. The molecule has 7 heteroatoms. The zero-order valence-corrected chi connectivity index (χ0v) is 12.3. The summed E-state index contributed by atoms with van der Waals surface area (Å²) in [6, 6.07) is 6.43. The van der Waals surface area contributed by atoms with Crippen LogP contribution in [-0.4, -0.2) is 41.2 Å². The zero-order valence-electron chi connectivity index (χ0n) is 12.3. The number of hydrogen-bond donors (Lipinski definition) is 1. The maximum atomic E-state index is 12.1. The highest BCUT2D eigenvalue weighted by atomic mass is 16.7. The Balaban J connectivity index is 1.68. The molecule has 0 radical (unpaired) electrons. The molecule has 2 atom stereocenters. The zero-order chi connectivity index (χ0) is 15.9. The standard InChI is InChI=1S/C15H16N2O5/c1-9-8-21-15(2,22-9)7-12(18)16-17-13(19)10-5-3-4-6-11(10)14(17)20/h3-6,9H,7-8H2,1-2H3,(H,16,18)/t9-,15-/m0/s1. The van der Waals surface area contributed by atoms with Crippen molar-refractivity contribution in [2.45, 2.75) is 32.2 Å². The second kappa shape index (κ2) is 5.19. The molecule has 3 amide bonds. The number of amides is 3. The summed E-state index contributed by atoms with van der Waals surface area (Å²) in [7, 11) is 0. The SMILES string of the molecule is C[C@H]1CO[C@](C)(CC(=O)NN2C(=O)c3ccccc3C2=O)O1. The number of fused-ring (bicyclic) bond motifs is 1. The summed E-state index contributed by atoms with van der Waals surface area (Å²) in [6.07, 6.45) is -0.206. The third kappa shape index (κ3) is 2.49. The molecule has 1 N–H and O–H groups in total. The maximum Gasteiger partial charge on any atom is 0.280 e. The van der Waals surface area contributed by atoms with E-state index in [2.05, 4.69) is 5.43 Å². The van der Waals surface area contributed by atoms with Gasteiger partial charge in [0, 0.05) is 0 Å². The van der Waals surface area contributed by atoms with Crippen molar-refractivity contribution in [2.24, 2.45) is 0 Å². The first-order chi connectivity index (χ1) is 10.4. The lowest BCUT2D eigenvalue weighted by Gasteiger charge is -2.23. The number of ether oxygens (including phenoxy) is 2. The number of nitrogens with zero attached hydrogens (tertiary/aromatic N) is 1. The van der Waals surface area contributed by atoms with Gasteiger partial charge in [0.05, 0.1) is 30.3 Å². The summed E-state index contributed by atoms with van der Waals surface area (Å²) in [4.78, 5) is 36.4. The Morgan fingerprint density at radius 1 is 1.32 bits per heavy atom. The van der Waals surface area contributed by atoms with E-state index < -0.39 is 23.5 Å². The number of nitrogens with one attached hydrogen (secondary N) is 1. The number of carbonyl (C=O) groups is 3. The van der Waals surface area contributed by atoms with Crippen molar-refractivity contribution < 1.29 is 23.9 Å². The first-order valence-electron chi connectivity index (χ1n) is 6.99. The number of carbonyl (C=O) groups excluding carboxylic acids is 3. The van der Waals surface area contributed by atoms with E-state index in [9.17, 15) is 14.4 Å². The van der Waals surface area contributed by atoms with Crippen molar-refractivity contribution in [1.82, 2.24) is 10.4 Å². The first-order valence-corrected chi connectivity index (χ1v) is 6.99. The van der Waals surface area contributed by atoms with Crippen molar-refractivity contribution in [3.8, 4) is 0 Å². The van der Waals surface area contributed by atoms with Crippen LogP contribution >= 0.6 is 0 Å². The molecule has 7 nitrogen and oxygen atoms in total. The monoisotopic (exact) mass is 304 g/mol. The minimum Gasteiger partial charge on any atom is -0.347 e. The van der Waals surface area contributed by atoms with Crippen LogP contribution in [0.3, 0.4) is 0 Å². The largest absolute Gasteiger partial charge is 0.347 e. The van der Waals surface area contributed by atoms with E-state index in [1.54, 1.807) is 31.2 Å². The highest BCUT2D eigenvalue weighted by Gasteiger charge is 2.40. The first kappa shape index (κ1) is 14.7. The molecule has 0 saturated carbocycles. The summed E-state index contributed by atoms with van der Waals surface area (Å²) in [6.45, 7) is 3.89. The molecule has 1 aromatic rings. The number of hydrazine groups is 1. The number of benzene rings is 1. The Kier molecular flexibility index (Phi) is 3.46. The minimum absolute atomic E-state index is 0.0999. The highest BCUT2D eigenvalue weighted by Crippen LogP contribution is 2.27. The lowest BCUT2D eigenvalue weighted by atomic mass is 10.1. The summed E-state index contributed by atoms with van der Waals surface area (Å²) >= 11 is 0. The summed E-state index contributed by atoms with van der Waals surface area (Å²) in [5.74, 6) is -2.64. The van der Waals surface area contributed by atoms with Gasteiger partial charge in [0.1, 0.15) is 0 Å². The second-order valence-corrected chi connectivity index (χ2v) is 5.58. The van der Waals surface area contributed by atoms with Crippen LogP contribution < -0.4 is 5.43 Å². The quantitative estimate of drug-likeness (QED) is 0.837. The molecular formula is C15H16N2O5. The lowest BCUT2D eigenvalue weighted by molar-refractivity contribution is -0.167. The Morgan fingerprint density at radius 3 is 2.41 bits per heavy atom. The summed E-state index contributed by atoms with van der Waals surface area (Å²) in [5, 5.41) is 0.731. The molecule has 22 heavy (non-hydrogen) atoms. The molecule has 116 valence electrons. The van der Waals surface area contributed by atoms with E-state index in [1.165, 1.54) is 0 Å². The van der Waals surface area contributed by atoms with Gasteiger partial charge in [-0.05, 0) is 26.0 Å². The molecule has 1 saturated heterocycles. The van der Waals surface area contributed by atoms with E-state index in [-0.39, 0.29) is 23.7 Å². The van der Waals surface area contributed by atoms with Crippen molar-refractivity contribution in [3.63, 3.8) is 0 Å². The van der Waals surface area contributed by atoms with Crippen LogP contribution in [0.4, 0.5) is 0 Å². The Hall–Kier alpha value is -2.25. The van der Waals surface area contributed by atoms with Gasteiger partial charge in [-0.25, -0.2) is 0 Å². The van der Waals surface area contributed by atoms with Gasteiger partial charge in [-0.15, -0.1) is 0 Å². The minimum atomic E-state index is -1.04. The van der Waals surface area contributed by atoms with Gasteiger partial charge in [-0.1, -0.05) is 12.1 Å². The van der Waals surface area contributed by atoms with E-state index in [0.29, 0.717) is 6.61 Å². The molecule has 2 aliphatic rings. The molecule has 3 rings (SSSR count). The van der Waals surface area contributed by atoms with Gasteiger partial charge >= 0.3 is 0 Å². The van der Waals surface area contributed by atoms with Gasteiger partial charge in [-0.2, -0.15) is 5.01 Å². The fourth-order valence-corrected chi connectivity index (χ4v) is 2.63. The van der Waals surface area contributed by atoms with Gasteiger partial charge in [0.2, 0.25) is 5.91 Å². The van der Waals surface area contributed by atoms with Crippen molar-refractivity contribution >= 4 is 17.7 Å². The second-order valence-electron chi connectivity index (χ2n) is 5.58. The molecule has 1 fully saturated rings. The average molecular weight is 304 g/mol. The van der Waals surface area contributed by atoms with Crippen molar-refractivity contribution in [2.75, 3.05) is 6.61 Å². The molecule has 0 bridgehead atoms. The average Bonchev–Trinajstić information content (AvgIpc) is 2.92. The fraction of sp³-hybridized carbons (Fsp3) is 0.400.